The molecule has 0 radical (unpaired) electrons. The van der Waals surface area contributed by atoms with Crippen molar-refractivity contribution in [2.75, 3.05) is 13.2 Å². The van der Waals surface area contributed by atoms with E-state index in [1.807, 2.05) is 0 Å². The fraction of sp³-hybridized carbons (Fsp3) is 0.566. The van der Waals surface area contributed by atoms with E-state index in [0.717, 1.165) is 161 Å². The SMILES string of the molecule is CC/C=C\C/C=C\C/C=C\C/C=C\C/C=C\C/C=C\C/C=C\C/C=C\C/C=C\CCCCCCCCCC(=O)OCC(COC(=O)CCCCCCC/C=C\CCCCC)OC(=O)CCC/C=C\C/C=C\C/C=C\C/C=C\C/C=C\CC. The van der Waals surface area contributed by atoms with Crippen LogP contribution in [0.3, 0.4) is 0 Å². The molecule has 0 bridgehead atoms. The lowest BCUT2D eigenvalue weighted by Gasteiger charge is -2.18. The summed E-state index contributed by atoms with van der Waals surface area (Å²) >= 11 is 0. The second-order valence-corrected chi connectivity index (χ2v) is 20.9. The van der Waals surface area contributed by atoms with Crippen LogP contribution in [0.5, 0.6) is 0 Å². The minimum Gasteiger partial charge on any atom is -0.462 e. The van der Waals surface area contributed by atoms with Gasteiger partial charge in [0.2, 0.25) is 0 Å². The number of carbonyl (C=O) groups is 3. The third kappa shape index (κ3) is 65.3. The molecule has 0 N–H and O–H groups in total. The maximum absolute atomic E-state index is 12.9. The number of hydrogen-bond donors (Lipinski definition) is 0. The lowest BCUT2D eigenvalue weighted by Crippen LogP contribution is -2.30. The summed E-state index contributed by atoms with van der Waals surface area (Å²) in [5, 5.41) is 0. The van der Waals surface area contributed by atoms with Crippen LogP contribution in [0.1, 0.15) is 258 Å². The van der Waals surface area contributed by atoms with Gasteiger partial charge in [-0.2, -0.15) is 0 Å². The number of rotatable bonds is 57. The molecule has 0 aliphatic rings. The van der Waals surface area contributed by atoms with Crippen LogP contribution in [0.2, 0.25) is 0 Å². The number of unbranched alkanes of at least 4 members (excludes halogenated alkanes) is 16. The van der Waals surface area contributed by atoms with Crippen molar-refractivity contribution in [2.24, 2.45) is 0 Å². The van der Waals surface area contributed by atoms with Crippen LogP contribution in [-0.2, 0) is 28.6 Å². The Morgan fingerprint density at radius 2 is 0.488 bits per heavy atom. The van der Waals surface area contributed by atoms with Crippen molar-refractivity contribution in [3.63, 3.8) is 0 Å². The molecule has 0 spiro atoms. The van der Waals surface area contributed by atoms with Crippen LogP contribution in [0.15, 0.2) is 182 Å². The molecular formula is C76H118O6. The highest BCUT2D eigenvalue weighted by molar-refractivity contribution is 5.71. The molecule has 6 nitrogen and oxygen atoms in total. The molecule has 0 amide bonds. The Morgan fingerprint density at radius 1 is 0.256 bits per heavy atom. The molecular weight excluding hydrogens is 1010 g/mol. The van der Waals surface area contributed by atoms with Gasteiger partial charge in [-0.1, -0.05) is 267 Å². The third-order valence-electron chi connectivity index (χ3n) is 13.1. The summed E-state index contributed by atoms with van der Waals surface area (Å²) in [6.45, 7) is 6.31. The minimum atomic E-state index is -0.826. The van der Waals surface area contributed by atoms with Crippen LogP contribution in [0.25, 0.3) is 0 Å². The highest BCUT2D eigenvalue weighted by atomic mass is 16.6. The maximum Gasteiger partial charge on any atom is 0.306 e. The highest BCUT2D eigenvalue weighted by Crippen LogP contribution is 2.13. The van der Waals surface area contributed by atoms with E-state index < -0.39 is 6.10 Å². The van der Waals surface area contributed by atoms with Gasteiger partial charge in [0.25, 0.3) is 0 Å². The fourth-order valence-electron chi connectivity index (χ4n) is 8.29. The van der Waals surface area contributed by atoms with E-state index >= 15 is 0 Å². The summed E-state index contributed by atoms with van der Waals surface area (Å²) in [5.74, 6) is -1.00. The van der Waals surface area contributed by atoms with Crippen molar-refractivity contribution in [3.8, 4) is 0 Å². The predicted molar refractivity (Wildman–Crippen MR) is 357 cm³/mol. The normalized spacial score (nSPS) is 13.4. The zero-order valence-corrected chi connectivity index (χ0v) is 52.4. The summed E-state index contributed by atoms with van der Waals surface area (Å²) in [4.78, 5) is 38.2. The Hall–Kier alpha value is -5.49. The molecule has 0 saturated carbocycles. The molecule has 82 heavy (non-hydrogen) atoms. The van der Waals surface area contributed by atoms with E-state index in [1.165, 1.54) is 51.4 Å². The molecule has 0 heterocycles. The lowest BCUT2D eigenvalue weighted by molar-refractivity contribution is -0.167. The van der Waals surface area contributed by atoms with E-state index in [0.29, 0.717) is 19.3 Å². The van der Waals surface area contributed by atoms with Crippen molar-refractivity contribution in [1.82, 2.24) is 0 Å². The van der Waals surface area contributed by atoms with Gasteiger partial charge in [0, 0.05) is 19.3 Å². The molecule has 6 heteroatoms. The molecule has 458 valence electrons. The van der Waals surface area contributed by atoms with Crippen molar-refractivity contribution >= 4 is 17.9 Å². The Bertz CT molecular complexity index is 1920. The van der Waals surface area contributed by atoms with Crippen LogP contribution in [0.4, 0.5) is 0 Å². The molecule has 0 aliphatic carbocycles. The van der Waals surface area contributed by atoms with Crippen molar-refractivity contribution in [3.05, 3.63) is 182 Å². The average Bonchev–Trinajstić information content (AvgIpc) is 3.47. The first-order valence-corrected chi connectivity index (χ1v) is 32.8. The largest absolute Gasteiger partial charge is 0.462 e. The van der Waals surface area contributed by atoms with Crippen LogP contribution in [0, 0.1) is 0 Å². The van der Waals surface area contributed by atoms with E-state index in [1.54, 1.807) is 0 Å². The first-order chi connectivity index (χ1) is 40.5. The summed E-state index contributed by atoms with van der Waals surface area (Å²) in [7, 11) is 0. The van der Waals surface area contributed by atoms with Gasteiger partial charge in [0.05, 0.1) is 0 Å². The second-order valence-electron chi connectivity index (χ2n) is 20.9. The molecule has 1 unspecified atom stereocenters. The third-order valence-corrected chi connectivity index (χ3v) is 13.1. The number of carbonyl (C=O) groups excluding carboxylic acids is 3. The molecule has 0 aromatic rings. The monoisotopic (exact) mass is 1130 g/mol. The Balaban J connectivity index is 4.35. The standard InChI is InChI=1S/C76H118O6/c1-4-7-10-13-16-19-22-25-27-29-30-31-32-33-34-35-36-37-38-39-40-41-42-43-44-45-46-48-49-51-54-57-60-63-66-69-75(78)81-72-73(71-80-74(77)68-65-62-59-56-53-24-21-18-15-12-9-6-3)82-76(79)70-67-64-61-58-55-52-50-47-28-26-23-20-17-14-11-8-5-2/h7-8,10-11,16-21,25-28,30-31,33-34,36-37,39-40,42-43,45-46,50,52,58,61,73H,4-6,9,12-15,22-24,29,32,35,38,41,44,47-49,51,53-57,59-60,62-72H2,1-3H3/b10-7-,11-8-,19-16-,20-17-,21-18-,27-25-,28-26-,31-30-,34-33-,37-36-,40-39-,43-42-,46-45-,52-50-,61-58-. The molecule has 0 aliphatic heterocycles. The van der Waals surface area contributed by atoms with E-state index in [-0.39, 0.29) is 37.5 Å². The quantitative estimate of drug-likeness (QED) is 0.0261. The number of ether oxygens (including phenoxy) is 3. The van der Waals surface area contributed by atoms with Gasteiger partial charge in [-0.15, -0.1) is 0 Å². The summed E-state index contributed by atoms with van der Waals surface area (Å²) in [6, 6.07) is 0. The van der Waals surface area contributed by atoms with Gasteiger partial charge in [-0.25, -0.2) is 0 Å². The predicted octanol–water partition coefficient (Wildman–Crippen LogP) is 22.8. The van der Waals surface area contributed by atoms with Crippen molar-refractivity contribution in [1.29, 1.82) is 0 Å². The Labute approximate surface area is 504 Å². The van der Waals surface area contributed by atoms with Crippen LogP contribution in [-0.4, -0.2) is 37.2 Å². The first kappa shape index (κ1) is 76.5. The highest BCUT2D eigenvalue weighted by Gasteiger charge is 2.19. The molecule has 0 aromatic heterocycles. The first-order valence-electron chi connectivity index (χ1n) is 32.8. The van der Waals surface area contributed by atoms with Gasteiger partial charge in [0.1, 0.15) is 13.2 Å². The average molecular weight is 1130 g/mol. The van der Waals surface area contributed by atoms with E-state index in [4.69, 9.17) is 14.2 Å². The smallest absolute Gasteiger partial charge is 0.306 e. The van der Waals surface area contributed by atoms with Crippen LogP contribution < -0.4 is 0 Å². The summed E-state index contributed by atoms with van der Waals surface area (Å²) in [6.07, 6.45) is 102. The fourth-order valence-corrected chi connectivity index (χ4v) is 8.29. The topological polar surface area (TPSA) is 78.9 Å². The molecule has 0 aromatic carbocycles. The number of allylic oxidation sites excluding steroid dienone is 30. The van der Waals surface area contributed by atoms with Crippen LogP contribution >= 0.6 is 0 Å². The molecule has 0 saturated heterocycles. The zero-order chi connectivity index (χ0) is 59.2. The zero-order valence-electron chi connectivity index (χ0n) is 52.4. The van der Waals surface area contributed by atoms with Crippen molar-refractivity contribution in [2.45, 2.75) is 264 Å². The number of esters is 3. The maximum atomic E-state index is 12.9. The Morgan fingerprint density at radius 3 is 0.793 bits per heavy atom. The van der Waals surface area contributed by atoms with Gasteiger partial charge in [0.15, 0.2) is 6.10 Å². The van der Waals surface area contributed by atoms with E-state index in [9.17, 15) is 14.4 Å². The van der Waals surface area contributed by atoms with Crippen molar-refractivity contribution < 1.29 is 28.6 Å². The van der Waals surface area contributed by atoms with Gasteiger partial charge in [-0.05, 0) is 154 Å². The number of hydrogen-bond acceptors (Lipinski definition) is 6. The van der Waals surface area contributed by atoms with Gasteiger partial charge >= 0.3 is 17.9 Å². The Kier molecular flexibility index (Phi) is 63.5. The summed E-state index contributed by atoms with van der Waals surface area (Å²) < 4.78 is 16.8. The summed E-state index contributed by atoms with van der Waals surface area (Å²) in [5.41, 5.74) is 0. The molecule has 1 atom stereocenters. The van der Waals surface area contributed by atoms with Gasteiger partial charge < -0.3 is 14.2 Å². The second kappa shape index (κ2) is 68.0. The van der Waals surface area contributed by atoms with Gasteiger partial charge in [-0.3, -0.25) is 14.4 Å². The molecule has 0 fully saturated rings. The lowest BCUT2D eigenvalue weighted by atomic mass is 10.1. The minimum absolute atomic E-state index is 0.116. The van der Waals surface area contributed by atoms with E-state index in [2.05, 4.69) is 203 Å². The molecule has 0 rings (SSSR count).